The molecule has 0 aromatic heterocycles. The van der Waals surface area contributed by atoms with Gasteiger partial charge in [-0.25, -0.2) is 0 Å². The monoisotopic (exact) mass is 416 g/mol. The highest BCUT2D eigenvalue weighted by Crippen LogP contribution is 2.26. The van der Waals surface area contributed by atoms with Gasteiger partial charge in [0.15, 0.2) is 0 Å². The summed E-state index contributed by atoms with van der Waals surface area (Å²) in [5.74, 6) is 1.15. The molecule has 2 fully saturated rings. The first-order chi connectivity index (χ1) is 14.5. The predicted octanol–water partition coefficient (Wildman–Crippen LogP) is 3.68. The minimum atomic E-state index is -0.548. The zero-order chi connectivity index (χ0) is 21.3. The van der Waals surface area contributed by atoms with Gasteiger partial charge in [0.1, 0.15) is 11.8 Å². The molecule has 1 aromatic rings. The first-order valence-electron chi connectivity index (χ1n) is 11.4. The Balaban J connectivity index is 1.61. The number of carbonyl (C=O) groups is 2. The third-order valence-corrected chi connectivity index (χ3v) is 6.21. The smallest absolute Gasteiger partial charge is 0.245 e. The number of hydrogen-bond donors (Lipinski definition) is 1. The molecule has 0 radical (unpaired) electrons. The second-order valence-electron chi connectivity index (χ2n) is 8.70. The molecule has 1 saturated carbocycles. The normalized spacial score (nSPS) is 20.5. The molecule has 2 atom stereocenters. The summed E-state index contributed by atoms with van der Waals surface area (Å²) in [6.45, 7) is 3.55. The Morgan fingerprint density at radius 1 is 1.20 bits per heavy atom. The van der Waals surface area contributed by atoms with Gasteiger partial charge in [0.2, 0.25) is 11.8 Å². The highest BCUT2D eigenvalue weighted by atomic mass is 16.5. The van der Waals surface area contributed by atoms with E-state index in [-0.39, 0.29) is 17.9 Å². The van der Waals surface area contributed by atoms with Gasteiger partial charge in [0, 0.05) is 26.1 Å². The fourth-order valence-corrected chi connectivity index (χ4v) is 4.55. The van der Waals surface area contributed by atoms with Crippen LogP contribution < -0.4 is 10.1 Å². The Morgan fingerprint density at radius 2 is 2.00 bits per heavy atom. The Hall–Kier alpha value is -2.08. The van der Waals surface area contributed by atoms with Crippen molar-refractivity contribution in [3.8, 4) is 5.75 Å². The molecule has 30 heavy (non-hydrogen) atoms. The first kappa shape index (κ1) is 22.6. The number of benzene rings is 1. The number of hydrogen-bond acceptors (Lipinski definition) is 4. The van der Waals surface area contributed by atoms with Crippen LogP contribution in [0.5, 0.6) is 5.75 Å². The molecule has 1 aliphatic carbocycles. The lowest BCUT2D eigenvalue weighted by atomic mass is 9.87. The number of methoxy groups -OCH3 is 1. The van der Waals surface area contributed by atoms with E-state index in [1.165, 1.54) is 19.3 Å². The average molecular weight is 417 g/mol. The second-order valence-corrected chi connectivity index (χ2v) is 8.70. The third kappa shape index (κ3) is 6.73. The van der Waals surface area contributed by atoms with Crippen molar-refractivity contribution in [3.05, 3.63) is 29.8 Å². The number of ether oxygens (including phenoxy) is 2. The van der Waals surface area contributed by atoms with Crippen molar-refractivity contribution in [2.75, 3.05) is 20.3 Å². The van der Waals surface area contributed by atoms with E-state index >= 15 is 0 Å². The summed E-state index contributed by atoms with van der Waals surface area (Å²) in [7, 11) is 1.64. The summed E-state index contributed by atoms with van der Waals surface area (Å²) in [4.78, 5) is 27.6. The molecule has 1 heterocycles. The largest absolute Gasteiger partial charge is 0.497 e. The van der Waals surface area contributed by atoms with Crippen LogP contribution in [0.4, 0.5) is 0 Å². The Bertz CT molecular complexity index is 696. The fraction of sp³-hybridized carbons (Fsp3) is 0.667. The molecular weight excluding hydrogens is 380 g/mol. The van der Waals surface area contributed by atoms with Crippen LogP contribution in [-0.4, -0.2) is 49.1 Å². The molecule has 2 aliphatic rings. The van der Waals surface area contributed by atoms with Crippen LogP contribution in [0.1, 0.15) is 63.9 Å². The number of carbonyl (C=O) groups excluding carboxylic acids is 2. The highest BCUT2D eigenvalue weighted by Gasteiger charge is 2.27. The van der Waals surface area contributed by atoms with Gasteiger partial charge in [-0.1, -0.05) is 31.4 Å². The van der Waals surface area contributed by atoms with Crippen molar-refractivity contribution in [2.45, 2.75) is 77.0 Å². The molecule has 1 aromatic carbocycles. The van der Waals surface area contributed by atoms with Gasteiger partial charge < -0.3 is 19.7 Å². The summed E-state index contributed by atoms with van der Waals surface area (Å²) in [5.41, 5.74) is 1.00. The molecule has 1 saturated heterocycles. The number of nitrogens with one attached hydrogen (secondary N) is 1. The lowest BCUT2D eigenvalue weighted by molar-refractivity contribution is -0.138. The van der Waals surface area contributed by atoms with Gasteiger partial charge in [-0.05, 0) is 56.2 Å². The molecule has 2 amide bonds. The number of rotatable bonds is 9. The Morgan fingerprint density at radius 3 is 2.70 bits per heavy atom. The van der Waals surface area contributed by atoms with Crippen LogP contribution in [0.3, 0.4) is 0 Å². The molecule has 0 spiro atoms. The molecule has 1 aliphatic heterocycles. The number of amides is 2. The standard InChI is InChI=1S/C24H36N2O4/c1-18(25-23(27)15-19-8-4-3-5-9-19)24(28)26(17-22-12-7-13-30-22)16-20-10-6-11-21(14-20)29-2/h6,10-11,14,18-19,22H,3-5,7-9,12-13,15-17H2,1-2H3,(H,25,27). The average Bonchev–Trinajstić information content (AvgIpc) is 3.26. The van der Waals surface area contributed by atoms with Crippen molar-refractivity contribution >= 4 is 11.8 Å². The summed E-state index contributed by atoms with van der Waals surface area (Å²) in [6.07, 6.45) is 8.51. The summed E-state index contributed by atoms with van der Waals surface area (Å²) in [6, 6.07) is 7.21. The van der Waals surface area contributed by atoms with E-state index in [0.29, 0.717) is 25.4 Å². The zero-order valence-electron chi connectivity index (χ0n) is 18.4. The Labute approximate surface area is 180 Å². The molecule has 6 nitrogen and oxygen atoms in total. The predicted molar refractivity (Wildman–Crippen MR) is 116 cm³/mol. The van der Waals surface area contributed by atoms with Crippen molar-refractivity contribution in [1.82, 2.24) is 10.2 Å². The van der Waals surface area contributed by atoms with Gasteiger partial charge in [-0.3, -0.25) is 9.59 Å². The van der Waals surface area contributed by atoms with Crippen LogP contribution in [0.2, 0.25) is 0 Å². The molecule has 6 heteroatoms. The van der Waals surface area contributed by atoms with E-state index in [1.807, 2.05) is 29.2 Å². The summed E-state index contributed by atoms with van der Waals surface area (Å²) in [5, 5.41) is 2.95. The minimum Gasteiger partial charge on any atom is -0.497 e. The van der Waals surface area contributed by atoms with Crippen LogP contribution in [-0.2, 0) is 20.9 Å². The van der Waals surface area contributed by atoms with Gasteiger partial charge in [0.25, 0.3) is 0 Å². The Kier molecular flexibility index (Phi) is 8.55. The van der Waals surface area contributed by atoms with Crippen molar-refractivity contribution in [3.63, 3.8) is 0 Å². The topological polar surface area (TPSA) is 67.9 Å². The third-order valence-electron chi connectivity index (χ3n) is 6.21. The lowest BCUT2D eigenvalue weighted by Crippen LogP contribution is -2.48. The maximum absolute atomic E-state index is 13.2. The summed E-state index contributed by atoms with van der Waals surface area (Å²) < 4.78 is 11.1. The van der Waals surface area contributed by atoms with Gasteiger partial charge in [-0.2, -0.15) is 0 Å². The SMILES string of the molecule is COc1cccc(CN(CC2CCCO2)C(=O)C(C)NC(=O)CC2CCCCC2)c1. The van der Waals surface area contributed by atoms with E-state index in [4.69, 9.17) is 9.47 Å². The van der Waals surface area contributed by atoms with Gasteiger partial charge >= 0.3 is 0 Å². The van der Waals surface area contributed by atoms with Crippen molar-refractivity contribution in [2.24, 2.45) is 5.92 Å². The molecule has 0 bridgehead atoms. The fourth-order valence-electron chi connectivity index (χ4n) is 4.55. The van der Waals surface area contributed by atoms with E-state index < -0.39 is 6.04 Å². The van der Waals surface area contributed by atoms with Crippen LogP contribution in [0.15, 0.2) is 24.3 Å². The van der Waals surface area contributed by atoms with Crippen LogP contribution >= 0.6 is 0 Å². The van der Waals surface area contributed by atoms with Gasteiger partial charge in [0.05, 0.1) is 13.2 Å². The maximum atomic E-state index is 13.2. The first-order valence-corrected chi connectivity index (χ1v) is 11.4. The summed E-state index contributed by atoms with van der Waals surface area (Å²) >= 11 is 0. The van der Waals surface area contributed by atoms with Crippen molar-refractivity contribution in [1.29, 1.82) is 0 Å². The minimum absolute atomic E-state index is 0.0128. The van der Waals surface area contributed by atoms with Gasteiger partial charge in [-0.15, -0.1) is 0 Å². The molecule has 1 N–H and O–H groups in total. The molecule has 166 valence electrons. The van der Waals surface area contributed by atoms with Crippen LogP contribution in [0.25, 0.3) is 0 Å². The van der Waals surface area contributed by atoms with E-state index in [0.717, 1.165) is 43.6 Å². The van der Waals surface area contributed by atoms with E-state index in [9.17, 15) is 9.59 Å². The van der Waals surface area contributed by atoms with E-state index in [2.05, 4.69) is 5.32 Å². The van der Waals surface area contributed by atoms with Crippen molar-refractivity contribution < 1.29 is 19.1 Å². The molecular formula is C24H36N2O4. The lowest BCUT2D eigenvalue weighted by Gasteiger charge is -2.29. The quantitative estimate of drug-likeness (QED) is 0.667. The van der Waals surface area contributed by atoms with E-state index in [1.54, 1.807) is 14.0 Å². The van der Waals surface area contributed by atoms with Crippen LogP contribution in [0, 0.1) is 5.92 Å². The zero-order valence-corrected chi connectivity index (χ0v) is 18.4. The number of nitrogens with zero attached hydrogens (tertiary/aromatic N) is 1. The highest BCUT2D eigenvalue weighted by molar-refractivity contribution is 5.87. The second kappa shape index (κ2) is 11.3. The maximum Gasteiger partial charge on any atom is 0.245 e. The molecule has 2 unspecified atom stereocenters. The molecule has 3 rings (SSSR count).